The van der Waals surface area contributed by atoms with E-state index in [0.717, 1.165) is 19.0 Å². The third kappa shape index (κ3) is 5.17. The van der Waals surface area contributed by atoms with Crippen molar-refractivity contribution in [2.75, 3.05) is 30.8 Å². The Kier molecular flexibility index (Phi) is 4.83. The van der Waals surface area contributed by atoms with Crippen LogP contribution in [0.2, 0.25) is 0 Å². The number of hydrogen-bond donors (Lipinski definition) is 2. The highest BCUT2D eigenvalue weighted by molar-refractivity contribution is 5.37. The van der Waals surface area contributed by atoms with E-state index in [1.165, 1.54) is 0 Å². The SMILES string of the molecule is CC(C)COCCNc1ccnc(N)n1. The number of anilines is 2. The van der Waals surface area contributed by atoms with Crippen LogP contribution in [0.25, 0.3) is 0 Å². The highest BCUT2D eigenvalue weighted by Crippen LogP contribution is 2.01. The molecular formula is C10H18N4O. The number of ether oxygens (including phenoxy) is 1. The second kappa shape index (κ2) is 6.19. The Balaban J connectivity index is 2.15. The van der Waals surface area contributed by atoms with E-state index in [0.29, 0.717) is 12.5 Å². The molecule has 1 heterocycles. The summed E-state index contributed by atoms with van der Waals surface area (Å²) in [6.45, 7) is 6.43. The van der Waals surface area contributed by atoms with Gasteiger partial charge in [0.2, 0.25) is 5.95 Å². The van der Waals surface area contributed by atoms with Gasteiger partial charge in [0.1, 0.15) is 5.82 Å². The van der Waals surface area contributed by atoms with Gasteiger partial charge in [0.25, 0.3) is 0 Å². The van der Waals surface area contributed by atoms with Gasteiger partial charge < -0.3 is 15.8 Å². The van der Waals surface area contributed by atoms with Gasteiger partial charge >= 0.3 is 0 Å². The number of nitrogen functional groups attached to an aromatic ring is 1. The molecule has 84 valence electrons. The van der Waals surface area contributed by atoms with Crippen molar-refractivity contribution >= 4 is 11.8 Å². The van der Waals surface area contributed by atoms with Gasteiger partial charge in [-0.2, -0.15) is 4.98 Å². The molecule has 0 aliphatic heterocycles. The molecule has 0 aliphatic carbocycles. The second-order valence-electron chi connectivity index (χ2n) is 3.70. The molecule has 1 aromatic heterocycles. The first kappa shape index (κ1) is 11.7. The van der Waals surface area contributed by atoms with Crippen molar-refractivity contribution in [3.8, 4) is 0 Å². The zero-order valence-electron chi connectivity index (χ0n) is 9.23. The summed E-state index contributed by atoms with van der Waals surface area (Å²) in [4.78, 5) is 7.81. The smallest absolute Gasteiger partial charge is 0.221 e. The molecule has 0 atom stereocenters. The molecule has 3 N–H and O–H groups in total. The van der Waals surface area contributed by atoms with E-state index in [2.05, 4.69) is 29.1 Å². The molecule has 0 radical (unpaired) electrons. The van der Waals surface area contributed by atoms with Gasteiger partial charge in [-0.3, -0.25) is 0 Å². The normalized spacial score (nSPS) is 10.6. The maximum Gasteiger partial charge on any atom is 0.221 e. The summed E-state index contributed by atoms with van der Waals surface area (Å²) in [5, 5.41) is 3.10. The Hall–Kier alpha value is -1.36. The van der Waals surface area contributed by atoms with Crippen molar-refractivity contribution in [3.63, 3.8) is 0 Å². The number of nitrogens with one attached hydrogen (secondary N) is 1. The van der Waals surface area contributed by atoms with E-state index >= 15 is 0 Å². The first-order valence-corrected chi connectivity index (χ1v) is 5.08. The Morgan fingerprint density at radius 2 is 2.33 bits per heavy atom. The summed E-state index contributed by atoms with van der Waals surface area (Å²) < 4.78 is 5.41. The molecule has 5 heteroatoms. The van der Waals surface area contributed by atoms with E-state index in [4.69, 9.17) is 10.5 Å². The van der Waals surface area contributed by atoms with E-state index in [1.54, 1.807) is 12.3 Å². The zero-order chi connectivity index (χ0) is 11.1. The first-order valence-electron chi connectivity index (χ1n) is 5.08. The molecule has 0 saturated carbocycles. The van der Waals surface area contributed by atoms with Gasteiger partial charge in [0.15, 0.2) is 0 Å². The van der Waals surface area contributed by atoms with Crippen molar-refractivity contribution in [2.24, 2.45) is 5.92 Å². The zero-order valence-corrected chi connectivity index (χ0v) is 9.23. The summed E-state index contributed by atoms with van der Waals surface area (Å²) in [6.07, 6.45) is 1.62. The Labute approximate surface area is 90.1 Å². The molecule has 0 amide bonds. The Morgan fingerprint density at radius 1 is 1.53 bits per heavy atom. The summed E-state index contributed by atoms with van der Waals surface area (Å²) in [5.74, 6) is 1.58. The molecular weight excluding hydrogens is 192 g/mol. The van der Waals surface area contributed by atoms with Crippen LogP contribution in [-0.2, 0) is 4.74 Å². The fourth-order valence-electron chi connectivity index (χ4n) is 1.04. The van der Waals surface area contributed by atoms with Crippen LogP contribution >= 0.6 is 0 Å². The number of nitrogens with two attached hydrogens (primary N) is 1. The standard InChI is InChI=1S/C10H18N4O/c1-8(2)7-15-6-5-12-9-3-4-13-10(11)14-9/h3-4,8H,5-7H2,1-2H3,(H3,11,12,13,14). The molecule has 1 rings (SSSR count). The van der Waals surface area contributed by atoms with Crippen LogP contribution in [0.15, 0.2) is 12.3 Å². The van der Waals surface area contributed by atoms with Gasteiger partial charge in [-0.05, 0) is 12.0 Å². The second-order valence-corrected chi connectivity index (χ2v) is 3.70. The molecule has 0 aromatic carbocycles. The van der Waals surface area contributed by atoms with E-state index < -0.39 is 0 Å². The van der Waals surface area contributed by atoms with Crippen molar-refractivity contribution in [1.82, 2.24) is 9.97 Å². The summed E-state index contributed by atoms with van der Waals surface area (Å²) >= 11 is 0. The predicted octanol–water partition coefficient (Wildman–Crippen LogP) is 1.14. The van der Waals surface area contributed by atoms with Gasteiger partial charge in [-0.1, -0.05) is 13.8 Å². The largest absolute Gasteiger partial charge is 0.379 e. The van der Waals surface area contributed by atoms with Crippen LogP contribution < -0.4 is 11.1 Å². The topological polar surface area (TPSA) is 73.1 Å². The lowest BCUT2D eigenvalue weighted by atomic mass is 10.2. The third-order valence-electron chi connectivity index (χ3n) is 1.68. The minimum atomic E-state index is 0.281. The number of aromatic nitrogens is 2. The van der Waals surface area contributed by atoms with Crippen LogP contribution in [0.3, 0.4) is 0 Å². The highest BCUT2D eigenvalue weighted by atomic mass is 16.5. The first-order chi connectivity index (χ1) is 7.18. The van der Waals surface area contributed by atoms with Crippen LogP contribution in [0.4, 0.5) is 11.8 Å². The summed E-state index contributed by atoms with van der Waals surface area (Å²) in [6, 6.07) is 1.78. The Morgan fingerprint density at radius 3 is 3.00 bits per heavy atom. The highest BCUT2D eigenvalue weighted by Gasteiger charge is 1.96. The van der Waals surface area contributed by atoms with Crippen LogP contribution in [0.1, 0.15) is 13.8 Å². The van der Waals surface area contributed by atoms with Gasteiger partial charge in [-0.25, -0.2) is 4.98 Å². The predicted molar refractivity (Wildman–Crippen MR) is 60.6 cm³/mol. The lowest BCUT2D eigenvalue weighted by molar-refractivity contribution is 0.118. The van der Waals surface area contributed by atoms with Gasteiger partial charge in [-0.15, -0.1) is 0 Å². The van der Waals surface area contributed by atoms with Crippen LogP contribution in [-0.4, -0.2) is 29.7 Å². The average Bonchev–Trinajstić information content (AvgIpc) is 2.17. The fourth-order valence-corrected chi connectivity index (χ4v) is 1.04. The van der Waals surface area contributed by atoms with Crippen LogP contribution in [0.5, 0.6) is 0 Å². The maximum atomic E-state index is 5.44. The number of rotatable bonds is 6. The molecule has 0 aliphatic rings. The van der Waals surface area contributed by atoms with Crippen molar-refractivity contribution in [3.05, 3.63) is 12.3 Å². The molecule has 0 spiro atoms. The molecule has 0 bridgehead atoms. The molecule has 0 saturated heterocycles. The third-order valence-corrected chi connectivity index (χ3v) is 1.68. The molecule has 0 fully saturated rings. The van der Waals surface area contributed by atoms with Crippen molar-refractivity contribution in [2.45, 2.75) is 13.8 Å². The fraction of sp³-hybridized carbons (Fsp3) is 0.600. The molecule has 1 aromatic rings. The van der Waals surface area contributed by atoms with Crippen molar-refractivity contribution < 1.29 is 4.74 Å². The Bertz CT molecular complexity index is 291. The van der Waals surface area contributed by atoms with Gasteiger partial charge in [0.05, 0.1) is 6.61 Å². The van der Waals surface area contributed by atoms with Crippen molar-refractivity contribution in [1.29, 1.82) is 0 Å². The summed E-state index contributed by atoms with van der Waals surface area (Å²) in [5.41, 5.74) is 5.44. The quantitative estimate of drug-likeness (QED) is 0.689. The van der Waals surface area contributed by atoms with E-state index in [1.807, 2.05) is 0 Å². The molecule has 0 unspecified atom stereocenters. The van der Waals surface area contributed by atoms with Crippen LogP contribution in [0, 0.1) is 5.92 Å². The van der Waals surface area contributed by atoms with E-state index in [9.17, 15) is 0 Å². The lowest BCUT2D eigenvalue weighted by Gasteiger charge is -2.08. The molecule has 15 heavy (non-hydrogen) atoms. The minimum Gasteiger partial charge on any atom is -0.379 e. The summed E-state index contributed by atoms with van der Waals surface area (Å²) in [7, 11) is 0. The van der Waals surface area contributed by atoms with Gasteiger partial charge in [0, 0.05) is 19.3 Å². The number of hydrogen-bond acceptors (Lipinski definition) is 5. The maximum absolute atomic E-state index is 5.44. The average molecular weight is 210 g/mol. The minimum absolute atomic E-state index is 0.281. The lowest BCUT2D eigenvalue weighted by Crippen LogP contribution is -2.13. The monoisotopic (exact) mass is 210 g/mol. The number of nitrogens with zero attached hydrogens (tertiary/aromatic N) is 2. The molecule has 5 nitrogen and oxygen atoms in total. The van der Waals surface area contributed by atoms with E-state index in [-0.39, 0.29) is 5.95 Å².